The Bertz CT molecular complexity index is 1170. The van der Waals surface area contributed by atoms with Crippen LogP contribution >= 0.6 is 11.3 Å². The average molecular weight is 536 g/mol. The summed E-state index contributed by atoms with van der Waals surface area (Å²) in [7, 11) is -4.19. The van der Waals surface area contributed by atoms with E-state index in [1.807, 2.05) is 0 Å². The summed E-state index contributed by atoms with van der Waals surface area (Å²) in [5.41, 5.74) is 2.47. The molecule has 1 aromatic rings. The van der Waals surface area contributed by atoms with Gasteiger partial charge in [-0.3, -0.25) is 14.1 Å². The maximum absolute atomic E-state index is 13.0. The SMILES string of the molecule is COC(=O)[C@@H]1[C@H](NC(=O)/C(=N\OC(C)(C)C(=O)OC(C)(C)C)c2csc(N)n2)C(=O)N1S(=O)(=O)O. The van der Waals surface area contributed by atoms with Gasteiger partial charge < -0.3 is 25.4 Å². The van der Waals surface area contributed by atoms with Crippen molar-refractivity contribution in [2.75, 3.05) is 12.8 Å². The van der Waals surface area contributed by atoms with Crippen molar-refractivity contribution in [3.05, 3.63) is 11.1 Å². The Morgan fingerprint density at radius 1 is 1.26 bits per heavy atom. The summed E-state index contributed by atoms with van der Waals surface area (Å²) in [6, 6.07) is -3.59. The van der Waals surface area contributed by atoms with E-state index in [2.05, 4.69) is 20.2 Å². The molecule has 4 N–H and O–H groups in total. The van der Waals surface area contributed by atoms with Crippen molar-refractivity contribution in [3.8, 4) is 0 Å². The molecule has 17 heteroatoms. The Kier molecular flexibility index (Phi) is 7.78. The molecular weight excluding hydrogens is 510 g/mol. The number of nitrogens with zero attached hydrogens (tertiary/aromatic N) is 3. The highest BCUT2D eigenvalue weighted by atomic mass is 32.2. The van der Waals surface area contributed by atoms with Crippen LogP contribution < -0.4 is 11.1 Å². The molecular formula is C18H25N5O10S2. The molecule has 15 nitrogen and oxygen atoms in total. The zero-order valence-corrected chi connectivity index (χ0v) is 21.2. The van der Waals surface area contributed by atoms with Crippen LogP contribution in [0.5, 0.6) is 0 Å². The summed E-state index contributed by atoms with van der Waals surface area (Å²) in [5.74, 6) is -4.44. The van der Waals surface area contributed by atoms with Crippen molar-refractivity contribution >= 4 is 56.2 Å². The van der Waals surface area contributed by atoms with Gasteiger partial charge in [-0.05, 0) is 34.6 Å². The number of esters is 2. The van der Waals surface area contributed by atoms with Gasteiger partial charge >= 0.3 is 22.2 Å². The Morgan fingerprint density at radius 3 is 2.31 bits per heavy atom. The minimum Gasteiger partial charge on any atom is -0.467 e. The average Bonchev–Trinajstić information content (AvgIpc) is 3.12. The predicted molar refractivity (Wildman–Crippen MR) is 120 cm³/mol. The van der Waals surface area contributed by atoms with E-state index in [1.165, 1.54) is 19.2 Å². The van der Waals surface area contributed by atoms with E-state index >= 15 is 0 Å². The Balaban J connectivity index is 2.35. The second-order valence-corrected chi connectivity index (χ2v) is 10.8. The molecule has 1 fully saturated rings. The number of rotatable bonds is 8. The number of hydrogen-bond acceptors (Lipinski definition) is 13. The summed E-state index contributed by atoms with van der Waals surface area (Å²) < 4.78 is 41.7. The highest BCUT2D eigenvalue weighted by molar-refractivity contribution is 7.84. The molecule has 1 aliphatic rings. The van der Waals surface area contributed by atoms with Gasteiger partial charge in [0, 0.05) is 5.38 Å². The first-order valence-corrected chi connectivity index (χ1v) is 12.1. The molecule has 0 aromatic carbocycles. The fraction of sp³-hybridized carbons (Fsp3) is 0.556. The van der Waals surface area contributed by atoms with Crippen LogP contribution in [0.2, 0.25) is 0 Å². The first kappa shape index (κ1) is 27.9. The minimum absolute atomic E-state index is 0.0524. The van der Waals surface area contributed by atoms with Gasteiger partial charge in [0.1, 0.15) is 17.3 Å². The van der Waals surface area contributed by atoms with Crippen LogP contribution in [-0.2, 0) is 43.8 Å². The molecule has 35 heavy (non-hydrogen) atoms. The van der Waals surface area contributed by atoms with Gasteiger partial charge in [-0.2, -0.15) is 12.7 Å². The van der Waals surface area contributed by atoms with E-state index in [4.69, 9.17) is 15.3 Å². The molecule has 2 rings (SSSR count). The van der Waals surface area contributed by atoms with Crippen molar-refractivity contribution in [3.63, 3.8) is 0 Å². The normalized spacial score (nSPS) is 19.0. The van der Waals surface area contributed by atoms with Gasteiger partial charge in [0.25, 0.3) is 11.8 Å². The summed E-state index contributed by atoms with van der Waals surface area (Å²) in [6.45, 7) is 7.60. The third-order valence-electron chi connectivity index (χ3n) is 4.26. The number of carbonyl (C=O) groups is 4. The number of nitrogens with two attached hydrogens (primary N) is 1. The second-order valence-electron chi connectivity index (χ2n) is 8.65. The molecule has 0 spiro atoms. The van der Waals surface area contributed by atoms with Crippen LogP contribution in [0.15, 0.2) is 10.5 Å². The lowest BCUT2D eigenvalue weighted by Crippen LogP contribution is -2.74. The maximum Gasteiger partial charge on any atom is 0.363 e. The number of nitrogens with one attached hydrogen (secondary N) is 1. The van der Waals surface area contributed by atoms with Gasteiger partial charge in [0.15, 0.2) is 16.9 Å². The van der Waals surface area contributed by atoms with E-state index in [-0.39, 0.29) is 15.1 Å². The van der Waals surface area contributed by atoms with Crippen molar-refractivity contribution < 1.29 is 46.5 Å². The van der Waals surface area contributed by atoms with E-state index in [0.29, 0.717) is 0 Å². The van der Waals surface area contributed by atoms with Crippen LogP contribution in [0, 0.1) is 0 Å². The molecule has 1 aromatic heterocycles. The van der Waals surface area contributed by atoms with E-state index in [1.54, 1.807) is 20.8 Å². The minimum atomic E-state index is -5.11. The number of ether oxygens (including phenoxy) is 2. The smallest absolute Gasteiger partial charge is 0.363 e. The molecule has 194 valence electrons. The highest BCUT2D eigenvalue weighted by Gasteiger charge is 2.58. The van der Waals surface area contributed by atoms with Crippen molar-refractivity contribution in [2.45, 2.75) is 57.9 Å². The van der Waals surface area contributed by atoms with Crippen molar-refractivity contribution in [2.24, 2.45) is 5.16 Å². The molecule has 2 amide bonds. The monoisotopic (exact) mass is 535 g/mol. The van der Waals surface area contributed by atoms with Crippen LogP contribution in [0.1, 0.15) is 40.3 Å². The van der Waals surface area contributed by atoms with E-state index < -0.39 is 63.1 Å². The Hall–Kier alpha value is -3.31. The number of amides is 2. The van der Waals surface area contributed by atoms with Crippen LogP contribution in [0.4, 0.5) is 5.13 Å². The third-order valence-corrected chi connectivity index (χ3v) is 5.84. The highest BCUT2D eigenvalue weighted by Crippen LogP contribution is 2.25. The number of methoxy groups -OCH3 is 1. The molecule has 0 bridgehead atoms. The first-order chi connectivity index (χ1) is 15.9. The molecule has 2 heterocycles. The van der Waals surface area contributed by atoms with Crippen LogP contribution in [0.25, 0.3) is 0 Å². The lowest BCUT2D eigenvalue weighted by atomic mass is 9.98. The first-order valence-electron chi connectivity index (χ1n) is 9.79. The summed E-state index contributed by atoms with van der Waals surface area (Å²) in [6.07, 6.45) is 0. The van der Waals surface area contributed by atoms with Gasteiger partial charge in [-0.15, -0.1) is 11.3 Å². The van der Waals surface area contributed by atoms with Crippen LogP contribution in [-0.4, -0.2) is 82.1 Å². The number of nitrogen functional groups attached to an aromatic ring is 1. The molecule has 0 aliphatic carbocycles. The number of anilines is 1. The van der Waals surface area contributed by atoms with Gasteiger partial charge in [0.2, 0.25) is 5.60 Å². The number of oxime groups is 1. The van der Waals surface area contributed by atoms with Gasteiger partial charge in [0.05, 0.1) is 7.11 Å². The zero-order valence-electron chi connectivity index (χ0n) is 19.6. The molecule has 1 saturated heterocycles. The third kappa shape index (κ3) is 6.43. The lowest BCUT2D eigenvalue weighted by Gasteiger charge is -2.41. The van der Waals surface area contributed by atoms with Gasteiger partial charge in [-0.25, -0.2) is 14.6 Å². The second kappa shape index (κ2) is 9.74. The lowest BCUT2D eigenvalue weighted by molar-refractivity contribution is -0.179. The fourth-order valence-corrected chi connectivity index (χ4v) is 4.00. The number of hydrogen-bond donors (Lipinski definition) is 3. The summed E-state index contributed by atoms with van der Waals surface area (Å²) in [5, 5.41) is 7.23. The van der Waals surface area contributed by atoms with Crippen molar-refractivity contribution in [1.82, 2.24) is 14.6 Å². The Morgan fingerprint density at radius 2 is 1.86 bits per heavy atom. The van der Waals surface area contributed by atoms with Crippen LogP contribution in [0.3, 0.4) is 0 Å². The zero-order chi connectivity index (χ0) is 26.9. The quantitative estimate of drug-likeness (QED) is 0.123. The topological polar surface area (TPSA) is 217 Å². The Labute approximate surface area is 204 Å². The predicted octanol–water partition coefficient (Wildman–Crippen LogP) is -0.762. The fourth-order valence-electron chi connectivity index (χ4n) is 2.62. The number of β-lactam (4-membered cyclic amide) rings is 1. The van der Waals surface area contributed by atoms with Crippen molar-refractivity contribution in [1.29, 1.82) is 0 Å². The summed E-state index contributed by atoms with van der Waals surface area (Å²) in [4.78, 5) is 58.9. The molecule has 2 atom stereocenters. The number of thiazole rings is 1. The number of aromatic nitrogens is 1. The molecule has 0 saturated carbocycles. The molecule has 0 unspecified atom stereocenters. The standard InChI is InChI=1S/C18H25N5O10S2/c1-17(2,3)32-15(27)18(4,5)33-22-9(8-7-34-16(19)20-8)12(24)21-10-11(14(26)31-6)23(13(10)25)35(28,29)30/h7,10-11H,1-6H3,(H2,19,20)(H,21,24)(H,28,29,30)/b22-9-/t10-,11-/m0/s1. The maximum atomic E-state index is 13.0. The largest absolute Gasteiger partial charge is 0.467 e. The molecule has 0 radical (unpaired) electrons. The number of carbonyl (C=O) groups excluding carboxylic acids is 4. The van der Waals surface area contributed by atoms with E-state index in [0.717, 1.165) is 18.4 Å². The van der Waals surface area contributed by atoms with Gasteiger partial charge in [-0.1, -0.05) is 5.16 Å². The van der Waals surface area contributed by atoms with E-state index in [9.17, 15) is 32.1 Å². The molecule has 1 aliphatic heterocycles. The summed E-state index contributed by atoms with van der Waals surface area (Å²) >= 11 is 0.947.